The number of likely N-dealkylation sites (tertiary alicyclic amines) is 1. The number of hydrogen-bond acceptors (Lipinski definition) is 2. The van der Waals surface area contributed by atoms with Gasteiger partial charge in [-0.2, -0.15) is 0 Å². The zero-order valence-electron chi connectivity index (χ0n) is 12.2. The smallest absolute Gasteiger partial charge is 0.185 e. The van der Waals surface area contributed by atoms with E-state index in [1.54, 1.807) is 0 Å². The first kappa shape index (κ1) is 15.0. The van der Waals surface area contributed by atoms with E-state index in [1.165, 1.54) is 71.0 Å². The average Bonchev–Trinajstić information content (AvgIpc) is 2.34. The maximum absolute atomic E-state index is 2.67. The van der Waals surface area contributed by atoms with Gasteiger partial charge in [0, 0.05) is 6.04 Å². The summed E-state index contributed by atoms with van der Waals surface area (Å²) in [6.45, 7) is 6.26. The summed E-state index contributed by atoms with van der Waals surface area (Å²) in [5.41, 5.74) is 0. The van der Waals surface area contributed by atoms with Crippen LogP contribution in [0.1, 0.15) is 58.3 Å². The first-order valence-electron chi connectivity index (χ1n) is 7.62. The van der Waals surface area contributed by atoms with Crippen LogP contribution in [-0.2, 0) is 0 Å². The number of nitrogens with zero attached hydrogens (tertiary/aromatic N) is 2. The fourth-order valence-corrected chi connectivity index (χ4v) is 2.78. The highest BCUT2D eigenvalue weighted by molar-refractivity contribution is 6.04. The third-order valence-corrected chi connectivity index (χ3v) is 4.12. The van der Waals surface area contributed by atoms with E-state index in [9.17, 15) is 0 Å². The summed E-state index contributed by atoms with van der Waals surface area (Å²) >= 11 is 0. The molecule has 0 aliphatic carbocycles. The molecule has 1 saturated heterocycles. The predicted octanol–water partition coefficient (Wildman–Crippen LogP) is 2.29. The van der Waals surface area contributed by atoms with E-state index >= 15 is 0 Å². The molecule has 1 aliphatic heterocycles. The lowest BCUT2D eigenvalue weighted by molar-refractivity contribution is 0.169. The molecule has 1 aliphatic rings. The van der Waals surface area contributed by atoms with Crippen LogP contribution in [0.5, 0.6) is 0 Å². The van der Waals surface area contributed by atoms with Gasteiger partial charge in [0.25, 0.3) is 0 Å². The fourth-order valence-electron chi connectivity index (χ4n) is 2.78. The summed E-state index contributed by atoms with van der Waals surface area (Å²) in [7, 11) is 4.43. The quantitative estimate of drug-likeness (QED) is 0.473. The first-order chi connectivity index (χ1) is 8.24. The third-order valence-electron chi connectivity index (χ3n) is 4.12. The van der Waals surface area contributed by atoms with Crippen molar-refractivity contribution in [2.45, 2.75) is 64.3 Å². The molecule has 0 unspecified atom stereocenters. The largest absolute Gasteiger partial charge is 0.349 e. The van der Waals surface area contributed by atoms with Gasteiger partial charge in [0.2, 0.25) is 0 Å². The summed E-state index contributed by atoms with van der Waals surface area (Å²) in [6.07, 6.45) is 11.3. The highest BCUT2D eigenvalue weighted by Crippen LogP contribution is 2.15. The Morgan fingerprint density at radius 3 is 2.24 bits per heavy atom. The van der Waals surface area contributed by atoms with Gasteiger partial charge in [0.1, 0.15) is 0 Å². The van der Waals surface area contributed by atoms with E-state index in [0.717, 1.165) is 6.04 Å². The minimum Gasteiger partial charge on any atom is -0.349 e. The Labute approximate surface area is 109 Å². The maximum Gasteiger partial charge on any atom is 0.185 e. The van der Waals surface area contributed by atoms with E-state index in [1.807, 2.05) is 0 Å². The molecule has 0 radical (unpaired) electrons. The van der Waals surface area contributed by atoms with Crippen molar-refractivity contribution < 1.29 is 0 Å². The second-order valence-electron chi connectivity index (χ2n) is 5.80. The molecule has 0 N–H and O–H groups in total. The Bertz CT molecular complexity index is 177. The van der Waals surface area contributed by atoms with E-state index < -0.39 is 0 Å². The van der Waals surface area contributed by atoms with Crippen LogP contribution in [-0.4, -0.2) is 50.4 Å². The highest BCUT2D eigenvalue weighted by atomic mass is 15.2. The van der Waals surface area contributed by atoms with Crippen LogP contribution in [0.15, 0.2) is 0 Å². The Hall–Kier alpha value is -0.0151. The Morgan fingerprint density at radius 2 is 1.65 bits per heavy atom. The average molecular weight is 238 g/mol. The molecule has 0 aromatic rings. The maximum atomic E-state index is 2.67. The summed E-state index contributed by atoms with van der Waals surface area (Å²) in [6, 6.07) is 0.829. The minimum absolute atomic E-state index is 0.829. The molecule has 0 aromatic heterocycles. The molecular weight excluding hydrogens is 207 g/mol. The van der Waals surface area contributed by atoms with Crippen LogP contribution in [0.2, 0.25) is 0 Å². The van der Waals surface area contributed by atoms with E-state index in [-0.39, 0.29) is 0 Å². The van der Waals surface area contributed by atoms with Crippen LogP contribution in [0, 0.1) is 0 Å². The van der Waals surface area contributed by atoms with Crippen LogP contribution in [0.3, 0.4) is 0 Å². The molecule has 0 bridgehead atoms. The van der Waals surface area contributed by atoms with Gasteiger partial charge in [-0.05, 0) is 45.9 Å². The van der Waals surface area contributed by atoms with Crippen molar-refractivity contribution >= 4 is 7.98 Å². The van der Waals surface area contributed by atoms with Crippen molar-refractivity contribution in [1.29, 1.82) is 0 Å². The molecule has 0 amide bonds. The second-order valence-corrected chi connectivity index (χ2v) is 5.80. The van der Waals surface area contributed by atoms with Crippen molar-refractivity contribution in [3.05, 3.63) is 0 Å². The number of rotatable bonds is 8. The van der Waals surface area contributed by atoms with Crippen molar-refractivity contribution in [2.75, 3.05) is 26.7 Å². The zero-order valence-corrected chi connectivity index (χ0v) is 12.2. The molecule has 100 valence electrons. The van der Waals surface area contributed by atoms with Crippen molar-refractivity contribution in [3.63, 3.8) is 0 Å². The molecule has 0 saturated carbocycles. The van der Waals surface area contributed by atoms with Gasteiger partial charge in [-0.25, -0.2) is 0 Å². The van der Waals surface area contributed by atoms with Gasteiger partial charge in [0.15, 0.2) is 7.98 Å². The lowest BCUT2D eigenvalue weighted by Gasteiger charge is -2.35. The molecule has 3 heteroatoms. The molecule has 1 rings (SSSR count). The van der Waals surface area contributed by atoms with E-state index in [2.05, 4.69) is 31.7 Å². The van der Waals surface area contributed by atoms with Crippen molar-refractivity contribution in [1.82, 2.24) is 9.71 Å². The lowest BCUT2D eigenvalue weighted by Crippen LogP contribution is -2.42. The lowest BCUT2D eigenvalue weighted by atomic mass is 10.0. The van der Waals surface area contributed by atoms with Crippen LogP contribution >= 0.6 is 0 Å². The second kappa shape index (κ2) is 8.99. The first-order valence-corrected chi connectivity index (χ1v) is 7.62. The summed E-state index contributed by atoms with van der Waals surface area (Å²) in [4.78, 5) is 5.06. The SMILES string of the molecule is BN(C)C1CCN(CCCCCCCC)CC1. The Morgan fingerprint density at radius 1 is 1.06 bits per heavy atom. The number of hydrogen-bond donors (Lipinski definition) is 0. The molecule has 0 aromatic carbocycles. The van der Waals surface area contributed by atoms with Gasteiger partial charge in [-0.3, -0.25) is 0 Å². The molecule has 2 nitrogen and oxygen atoms in total. The van der Waals surface area contributed by atoms with Crippen molar-refractivity contribution in [2.24, 2.45) is 0 Å². The third kappa shape index (κ3) is 6.47. The molecule has 1 fully saturated rings. The molecule has 17 heavy (non-hydrogen) atoms. The topological polar surface area (TPSA) is 6.48 Å². The predicted molar refractivity (Wildman–Crippen MR) is 79.1 cm³/mol. The van der Waals surface area contributed by atoms with Crippen LogP contribution < -0.4 is 0 Å². The normalized spacial score (nSPS) is 19.0. The van der Waals surface area contributed by atoms with Gasteiger partial charge in [-0.1, -0.05) is 39.0 Å². The molecular formula is C14H31BN2. The van der Waals surface area contributed by atoms with Gasteiger partial charge < -0.3 is 9.71 Å². The Balaban J connectivity index is 1.95. The Kier molecular flexibility index (Phi) is 7.95. The molecule has 0 atom stereocenters. The molecule has 1 heterocycles. The van der Waals surface area contributed by atoms with Gasteiger partial charge >= 0.3 is 0 Å². The standard InChI is InChI=1S/C14H31BN2/c1-3-4-5-6-7-8-11-17-12-9-14(10-13-17)16(2)15/h14H,3-13,15H2,1-2H3. The summed E-state index contributed by atoms with van der Waals surface area (Å²) in [5.74, 6) is 0. The van der Waals surface area contributed by atoms with Crippen LogP contribution in [0.25, 0.3) is 0 Å². The zero-order chi connectivity index (χ0) is 12.5. The fraction of sp³-hybridized carbons (Fsp3) is 1.00. The van der Waals surface area contributed by atoms with E-state index in [4.69, 9.17) is 0 Å². The summed E-state index contributed by atoms with van der Waals surface area (Å²) in [5, 5.41) is 0. The number of unbranched alkanes of at least 4 members (excludes halogenated alkanes) is 5. The highest BCUT2D eigenvalue weighted by Gasteiger charge is 2.19. The van der Waals surface area contributed by atoms with Gasteiger partial charge in [-0.15, -0.1) is 0 Å². The summed E-state index contributed by atoms with van der Waals surface area (Å²) < 4.78 is 0. The van der Waals surface area contributed by atoms with Crippen molar-refractivity contribution in [3.8, 4) is 0 Å². The monoisotopic (exact) mass is 238 g/mol. The minimum atomic E-state index is 0.829. The van der Waals surface area contributed by atoms with E-state index in [0.29, 0.717) is 0 Å². The molecule has 0 spiro atoms. The number of piperidine rings is 1. The van der Waals surface area contributed by atoms with Crippen LogP contribution in [0.4, 0.5) is 0 Å². The van der Waals surface area contributed by atoms with Gasteiger partial charge in [0.05, 0.1) is 0 Å².